The second kappa shape index (κ2) is 11.9. The number of fused-ring (bicyclic) bond motifs is 5. The molecular formula is C48H31N2O+. The van der Waals surface area contributed by atoms with E-state index in [1.54, 1.807) is 0 Å². The van der Waals surface area contributed by atoms with Gasteiger partial charge >= 0.3 is 0 Å². The fourth-order valence-corrected chi connectivity index (χ4v) is 7.36. The van der Waals surface area contributed by atoms with E-state index < -0.39 is 0 Å². The summed E-state index contributed by atoms with van der Waals surface area (Å²) in [5, 5.41) is 7.01. The number of aromatic nitrogens is 2. The molecule has 0 amide bonds. The minimum Gasteiger partial charge on any atom is -0.545 e. The van der Waals surface area contributed by atoms with Crippen LogP contribution in [0.2, 0.25) is 0 Å². The van der Waals surface area contributed by atoms with Crippen LogP contribution >= 0.6 is 0 Å². The predicted molar refractivity (Wildman–Crippen MR) is 213 cm³/mol. The maximum absolute atomic E-state index is 5.35. The fraction of sp³-hybridized carbons (Fsp3) is 0. The van der Waals surface area contributed by atoms with Crippen LogP contribution in [0.4, 0.5) is 0 Å². The van der Waals surface area contributed by atoms with Gasteiger partial charge in [-0.2, -0.15) is 0 Å². The van der Waals surface area contributed by atoms with Gasteiger partial charge in [-0.15, -0.1) is 0 Å². The molecule has 0 saturated heterocycles. The van der Waals surface area contributed by atoms with Crippen molar-refractivity contribution in [2.24, 2.45) is 0 Å². The lowest BCUT2D eigenvalue weighted by Crippen LogP contribution is -1.96. The van der Waals surface area contributed by atoms with Crippen molar-refractivity contribution in [3.63, 3.8) is 0 Å². The SMILES string of the molecule is c1ccc(-c2cc(-c3ccccc3)nc(-c3cccc4[oH+]c5c(-c6ccc7ccccc7c6)cc(-c6ccc7ccccc7c6)cc5c34)n2)cc1. The summed E-state index contributed by atoms with van der Waals surface area (Å²) in [6, 6.07) is 64.2. The van der Waals surface area contributed by atoms with Gasteiger partial charge in [0.25, 0.3) is 11.2 Å². The minimum absolute atomic E-state index is 0.679. The zero-order valence-corrected chi connectivity index (χ0v) is 27.7. The summed E-state index contributed by atoms with van der Waals surface area (Å²) >= 11 is 0. The highest BCUT2D eigenvalue weighted by Crippen LogP contribution is 2.43. The van der Waals surface area contributed by atoms with Crippen LogP contribution in [-0.4, -0.2) is 9.97 Å². The molecule has 238 valence electrons. The first kappa shape index (κ1) is 29.1. The summed E-state index contributed by atoms with van der Waals surface area (Å²) in [5.41, 5.74) is 11.3. The first-order chi connectivity index (χ1) is 25.2. The molecule has 1 N–H and O–H groups in total. The Morgan fingerprint density at radius 1 is 0.353 bits per heavy atom. The van der Waals surface area contributed by atoms with Crippen molar-refractivity contribution in [3.05, 3.63) is 182 Å². The Morgan fingerprint density at radius 3 is 1.57 bits per heavy atom. The normalized spacial score (nSPS) is 11.5. The van der Waals surface area contributed by atoms with E-state index in [0.29, 0.717) is 5.82 Å². The molecule has 3 nitrogen and oxygen atoms in total. The van der Waals surface area contributed by atoms with Gasteiger partial charge in [-0.1, -0.05) is 140 Å². The van der Waals surface area contributed by atoms with Crippen molar-refractivity contribution in [2.45, 2.75) is 0 Å². The number of hydrogen-bond donors (Lipinski definition) is 0. The van der Waals surface area contributed by atoms with E-state index in [9.17, 15) is 0 Å². The molecule has 0 spiro atoms. The Kier molecular flexibility index (Phi) is 6.81. The van der Waals surface area contributed by atoms with Crippen molar-refractivity contribution in [2.75, 3.05) is 0 Å². The molecule has 0 atom stereocenters. The molecule has 0 bridgehead atoms. The molecular weight excluding hydrogens is 621 g/mol. The summed E-state index contributed by atoms with van der Waals surface area (Å²) in [5.74, 6) is 0.679. The third-order valence-corrected chi connectivity index (χ3v) is 9.90. The van der Waals surface area contributed by atoms with Crippen LogP contribution < -0.4 is 0 Å². The van der Waals surface area contributed by atoms with E-state index in [-0.39, 0.29) is 0 Å². The van der Waals surface area contributed by atoms with Gasteiger partial charge in [0.15, 0.2) is 5.82 Å². The molecule has 0 radical (unpaired) electrons. The zero-order chi connectivity index (χ0) is 33.7. The van der Waals surface area contributed by atoms with Crippen LogP contribution in [0.5, 0.6) is 0 Å². The lowest BCUT2D eigenvalue weighted by atomic mass is 9.93. The van der Waals surface area contributed by atoms with Gasteiger partial charge in [0.2, 0.25) is 0 Å². The predicted octanol–water partition coefficient (Wildman–Crippen LogP) is 13.1. The molecule has 10 aromatic rings. The Labute approximate surface area is 295 Å². The van der Waals surface area contributed by atoms with Gasteiger partial charge in [-0.3, -0.25) is 0 Å². The van der Waals surface area contributed by atoms with Gasteiger partial charge in [0, 0.05) is 22.8 Å². The van der Waals surface area contributed by atoms with Crippen molar-refractivity contribution < 1.29 is 4.42 Å². The monoisotopic (exact) mass is 651 g/mol. The summed E-state index contributed by atoms with van der Waals surface area (Å²) in [4.78, 5) is 10.5. The molecule has 8 aromatic carbocycles. The van der Waals surface area contributed by atoms with Crippen LogP contribution in [0, 0.1) is 0 Å². The van der Waals surface area contributed by atoms with Crippen molar-refractivity contribution in [1.82, 2.24) is 9.97 Å². The van der Waals surface area contributed by atoms with Crippen LogP contribution in [-0.2, 0) is 0 Å². The first-order valence-corrected chi connectivity index (χ1v) is 17.3. The van der Waals surface area contributed by atoms with E-state index in [0.717, 1.165) is 72.3 Å². The molecule has 2 heterocycles. The summed E-state index contributed by atoms with van der Waals surface area (Å²) < 4.78 is 5.35. The van der Waals surface area contributed by atoms with E-state index >= 15 is 0 Å². The van der Waals surface area contributed by atoms with E-state index in [1.807, 2.05) is 12.1 Å². The lowest BCUT2D eigenvalue weighted by Gasteiger charge is -2.10. The average Bonchev–Trinajstić information content (AvgIpc) is 3.59. The molecule has 0 fully saturated rings. The van der Waals surface area contributed by atoms with Crippen molar-refractivity contribution in [1.29, 1.82) is 0 Å². The maximum atomic E-state index is 5.35. The molecule has 3 heteroatoms. The average molecular weight is 652 g/mol. The van der Waals surface area contributed by atoms with E-state index in [4.69, 9.17) is 14.4 Å². The summed E-state index contributed by atoms with van der Waals surface area (Å²) in [6.07, 6.45) is 0. The molecule has 2 aromatic heterocycles. The molecule has 0 saturated carbocycles. The van der Waals surface area contributed by atoms with E-state index in [1.165, 1.54) is 21.5 Å². The molecule has 0 aliphatic heterocycles. The molecule has 10 rings (SSSR count). The highest BCUT2D eigenvalue weighted by Gasteiger charge is 2.24. The van der Waals surface area contributed by atoms with Crippen molar-refractivity contribution >= 4 is 43.5 Å². The number of furan rings is 1. The van der Waals surface area contributed by atoms with Gasteiger partial charge in [-0.05, 0) is 74.6 Å². The number of nitrogens with zero attached hydrogens (tertiary/aromatic N) is 2. The third kappa shape index (κ3) is 5.15. The quantitative estimate of drug-likeness (QED) is 0.174. The zero-order valence-electron chi connectivity index (χ0n) is 27.7. The fourth-order valence-electron chi connectivity index (χ4n) is 7.36. The third-order valence-electron chi connectivity index (χ3n) is 9.90. The number of rotatable bonds is 5. The molecule has 0 aliphatic rings. The van der Waals surface area contributed by atoms with Crippen LogP contribution in [0.15, 0.2) is 186 Å². The van der Waals surface area contributed by atoms with Crippen LogP contribution in [0.1, 0.15) is 0 Å². The first-order valence-electron chi connectivity index (χ1n) is 17.3. The topological polar surface area (TPSA) is 38.6 Å². The Hall–Kier alpha value is -6.84. The second-order valence-electron chi connectivity index (χ2n) is 13.0. The second-order valence-corrected chi connectivity index (χ2v) is 13.0. The van der Waals surface area contributed by atoms with Gasteiger partial charge in [0.05, 0.1) is 27.7 Å². The maximum Gasteiger partial charge on any atom is 0.277 e. The lowest BCUT2D eigenvalue weighted by molar-refractivity contribution is 0.670. The van der Waals surface area contributed by atoms with E-state index in [2.05, 4.69) is 170 Å². The Bertz CT molecular complexity index is 2850. The van der Waals surface area contributed by atoms with Gasteiger partial charge in [-0.25, -0.2) is 9.97 Å². The number of hydrogen-bond acceptors (Lipinski definition) is 2. The Morgan fingerprint density at radius 2 is 0.922 bits per heavy atom. The summed E-state index contributed by atoms with van der Waals surface area (Å²) in [6.45, 7) is 0. The van der Waals surface area contributed by atoms with Crippen LogP contribution in [0.25, 0.3) is 99.6 Å². The summed E-state index contributed by atoms with van der Waals surface area (Å²) in [7, 11) is 0. The molecule has 0 aliphatic carbocycles. The minimum atomic E-state index is 0.679. The smallest absolute Gasteiger partial charge is 0.277 e. The standard InChI is InChI=1S/C48H30N2O/c1-3-14-33(15-4-1)43-30-44(34-16-5-2-6-17-34)50-48(49-43)40-20-11-21-45-46(40)42-29-39(37-24-22-31-12-7-9-18-35(31)26-37)28-41(47(42)51-45)38-25-23-32-13-8-10-19-36(32)27-38/h1-30H/p+1. The highest BCUT2D eigenvalue weighted by atomic mass is 16.3. The van der Waals surface area contributed by atoms with Gasteiger partial charge < -0.3 is 4.42 Å². The Balaban J connectivity index is 1.26. The molecule has 51 heavy (non-hydrogen) atoms. The highest BCUT2D eigenvalue weighted by molar-refractivity contribution is 6.16. The van der Waals surface area contributed by atoms with Gasteiger partial charge in [0.1, 0.15) is 0 Å². The molecule has 0 unspecified atom stereocenters. The largest absolute Gasteiger partial charge is 0.545 e. The number of benzene rings is 8. The van der Waals surface area contributed by atoms with Crippen molar-refractivity contribution in [3.8, 4) is 56.2 Å². The van der Waals surface area contributed by atoms with Crippen LogP contribution in [0.3, 0.4) is 0 Å².